The van der Waals surface area contributed by atoms with Gasteiger partial charge in [0.05, 0.1) is 23.5 Å². The molecule has 0 fully saturated rings. The van der Waals surface area contributed by atoms with Gasteiger partial charge < -0.3 is 16.4 Å². The Labute approximate surface area is 179 Å². The van der Waals surface area contributed by atoms with E-state index >= 15 is 0 Å². The van der Waals surface area contributed by atoms with Crippen LogP contribution in [0.1, 0.15) is 23.6 Å². The van der Waals surface area contributed by atoms with Crippen LogP contribution in [0.2, 0.25) is 0 Å². The van der Waals surface area contributed by atoms with E-state index in [-0.39, 0.29) is 12.3 Å². The van der Waals surface area contributed by atoms with Crippen molar-refractivity contribution in [3.05, 3.63) is 90.3 Å². The number of anilines is 1. The number of nitrogens with zero attached hydrogens (tertiary/aromatic N) is 2. The van der Waals surface area contributed by atoms with Gasteiger partial charge in [0.2, 0.25) is 5.91 Å². The number of benzene rings is 3. The normalized spacial score (nSPS) is 11.8. The molecule has 7 heteroatoms. The maximum atomic E-state index is 12.7. The van der Waals surface area contributed by atoms with Gasteiger partial charge in [-0.15, -0.1) is 0 Å². The van der Waals surface area contributed by atoms with Crippen molar-refractivity contribution in [2.75, 3.05) is 5.32 Å². The van der Waals surface area contributed by atoms with Crippen molar-refractivity contribution in [2.24, 2.45) is 5.73 Å². The van der Waals surface area contributed by atoms with E-state index in [1.807, 2.05) is 84.3 Å². The molecule has 7 nitrogen and oxygen atoms in total. The van der Waals surface area contributed by atoms with Crippen molar-refractivity contribution in [3.8, 4) is 5.69 Å². The Balaban J connectivity index is 1.47. The molecule has 4 N–H and O–H groups in total. The predicted octanol–water partition coefficient (Wildman–Crippen LogP) is 4.07. The molecule has 0 radical (unpaired) electrons. The summed E-state index contributed by atoms with van der Waals surface area (Å²) in [6, 6.07) is 21.8. The van der Waals surface area contributed by atoms with E-state index in [1.165, 1.54) is 0 Å². The highest BCUT2D eigenvalue weighted by Crippen LogP contribution is 2.23. The number of primary amides is 1. The summed E-state index contributed by atoms with van der Waals surface area (Å²) in [5, 5.41) is 5.55. The lowest BCUT2D eigenvalue weighted by atomic mass is 9.98. The third-order valence-electron chi connectivity index (χ3n) is 5.15. The molecule has 0 bridgehead atoms. The lowest BCUT2D eigenvalue weighted by Crippen LogP contribution is -2.35. The molecule has 3 aromatic carbocycles. The molecule has 0 spiro atoms. The van der Waals surface area contributed by atoms with Crippen LogP contribution in [0.25, 0.3) is 16.7 Å². The first kappa shape index (κ1) is 20.2. The molecule has 0 aliphatic carbocycles. The summed E-state index contributed by atoms with van der Waals surface area (Å²) in [4.78, 5) is 28.5. The molecule has 0 saturated heterocycles. The Morgan fingerprint density at radius 2 is 1.71 bits per heavy atom. The maximum absolute atomic E-state index is 12.7. The first-order valence-electron chi connectivity index (χ1n) is 9.95. The van der Waals surface area contributed by atoms with Crippen LogP contribution in [-0.4, -0.2) is 21.5 Å². The maximum Gasteiger partial charge on any atom is 0.312 e. The molecule has 0 aliphatic heterocycles. The highest BCUT2D eigenvalue weighted by molar-refractivity contribution is 5.91. The second-order valence-corrected chi connectivity index (χ2v) is 7.32. The summed E-state index contributed by atoms with van der Waals surface area (Å²) in [7, 11) is 0. The largest absolute Gasteiger partial charge is 0.352 e. The van der Waals surface area contributed by atoms with Crippen molar-refractivity contribution < 1.29 is 9.59 Å². The van der Waals surface area contributed by atoms with Gasteiger partial charge >= 0.3 is 6.03 Å². The minimum absolute atomic E-state index is 0.0711. The number of hydrogen-bond acceptors (Lipinski definition) is 3. The number of amides is 3. The zero-order valence-corrected chi connectivity index (χ0v) is 17.1. The van der Waals surface area contributed by atoms with Crippen molar-refractivity contribution in [3.63, 3.8) is 0 Å². The third-order valence-corrected chi connectivity index (χ3v) is 5.15. The third kappa shape index (κ3) is 4.56. The molecule has 1 atom stereocenters. The molecule has 4 rings (SSSR count). The van der Waals surface area contributed by atoms with Gasteiger partial charge in [-0.25, -0.2) is 9.78 Å². The Hall–Kier alpha value is -4.13. The van der Waals surface area contributed by atoms with E-state index in [4.69, 9.17) is 5.73 Å². The van der Waals surface area contributed by atoms with Gasteiger partial charge in [-0.05, 0) is 54.4 Å². The summed E-state index contributed by atoms with van der Waals surface area (Å²) in [6.07, 6.45) is 1.85. The molecule has 1 aromatic heterocycles. The highest BCUT2D eigenvalue weighted by Gasteiger charge is 2.19. The van der Waals surface area contributed by atoms with Crippen LogP contribution >= 0.6 is 0 Å². The van der Waals surface area contributed by atoms with Crippen molar-refractivity contribution in [1.82, 2.24) is 14.9 Å². The second kappa shape index (κ2) is 8.71. The number of aromatic nitrogens is 2. The number of urea groups is 1. The van der Waals surface area contributed by atoms with Gasteiger partial charge in [0.25, 0.3) is 0 Å². The Morgan fingerprint density at radius 3 is 2.45 bits per heavy atom. The number of nitrogens with one attached hydrogen (secondary N) is 2. The second-order valence-electron chi connectivity index (χ2n) is 7.32. The van der Waals surface area contributed by atoms with Crippen LogP contribution in [0.5, 0.6) is 0 Å². The summed E-state index contributed by atoms with van der Waals surface area (Å²) < 4.78 is 1.99. The highest BCUT2D eigenvalue weighted by atomic mass is 16.2. The van der Waals surface area contributed by atoms with E-state index < -0.39 is 12.1 Å². The molecule has 0 saturated carbocycles. The molecule has 156 valence electrons. The Morgan fingerprint density at radius 1 is 1.00 bits per heavy atom. The smallest absolute Gasteiger partial charge is 0.312 e. The fourth-order valence-corrected chi connectivity index (χ4v) is 3.66. The van der Waals surface area contributed by atoms with Gasteiger partial charge in [-0.1, -0.05) is 36.4 Å². The fourth-order valence-electron chi connectivity index (χ4n) is 3.66. The zero-order valence-electron chi connectivity index (χ0n) is 17.1. The monoisotopic (exact) mass is 413 g/mol. The quantitative estimate of drug-likeness (QED) is 0.444. The molecule has 1 unspecified atom stereocenters. The summed E-state index contributed by atoms with van der Waals surface area (Å²) in [6.45, 7) is 1.93. The molecule has 4 aromatic rings. The number of hydrogen-bond donors (Lipinski definition) is 3. The number of para-hydroxylation sites is 2. The van der Waals surface area contributed by atoms with Crippen molar-refractivity contribution in [1.29, 1.82) is 0 Å². The van der Waals surface area contributed by atoms with Gasteiger partial charge in [0.1, 0.15) is 6.33 Å². The van der Waals surface area contributed by atoms with Crippen LogP contribution in [0.4, 0.5) is 10.5 Å². The molecular formula is C24H23N5O2. The lowest BCUT2D eigenvalue weighted by molar-refractivity contribution is -0.116. The number of imidazole rings is 1. The van der Waals surface area contributed by atoms with Gasteiger partial charge in [0.15, 0.2) is 0 Å². The van der Waals surface area contributed by atoms with E-state index in [0.717, 1.165) is 27.8 Å². The van der Waals surface area contributed by atoms with E-state index in [0.29, 0.717) is 5.69 Å². The Bertz CT molecular complexity index is 1230. The number of carbonyl (C=O) groups excluding carboxylic acids is 2. The first-order valence-corrected chi connectivity index (χ1v) is 9.95. The molecule has 31 heavy (non-hydrogen) atoms. The average molecular weight is 413 g/mol. The van der Waals surface area contributed by atoms with Gasteiger partial charge in [-0.2, -0.15) is 0 Å². The first-order chi connectivity index (χ1) is 15.0. The van der Waals surface area contributed by atoms with Crippen LogP contribution < -0.4 is 16.4 Å². The summed E-state index contributed by atoms with van der Waals surface area (Å²) in [5.74, 6) is -0.220. The van der Waals surface area contributed by atoms with Crippen molar-refractivity contribution in [2.45, 2.75) is 19.4 Å². The van der Waals surface area contributed by atoms with E-state index in [9.17, 15) is 9.59 Å². The summed E-state index contributed by atoms with van der Waals surface area (Å²) in [5.41, 5.74) is 10.7. The van der Waals surface area contributed by atoms with Crippen LogP contribution in [0, 0.1) is 6.92 Å². The van der Waals surface area contributed by atoms with Gasteiger partial charge in [-0.3, -0.25) is 9.36 Å². The molecule has 1 heterocycles. The molecule has 3 amide bonds. The molecular weight excluding hydrogens is 390 g/mol. The predicted molar refractivity (Wildman–Crippen MR) is 121 cm³/mol. The number of aryl methyl sites for hydroxylation is 1. The van der Waals surface area contributed by atoms with Crippen LogP contribution in [0.15, 0.2) is 79.1 Å². The molecule has 0 aliphatic rings. The zero-order chi connectivity index (χ0) is 21.8. The van der Waals surface area contributed by atoms with Crippen LogP contribution in [-0.2, 0) is 4.79 Å². The Kier molecular flexibility index (Phi) is 5.66. The average Bonchev–Trinajstić information content (AvgIpc) is 3.18. The van der Waals surface area contributed by atoms with E-state index in [1.54, 1.807) is 6.33 Å². The minimum atomic E-state index is -0.669. The van der Waals surface area contributed by atoms with Gasteiger partial charge in [0, 0.05) is 11.4 Å². The number of nitrogens with two attached hydrogens (primary N) is 1. The standard InChI is InChI=1S/C24H23N5O2/c1-16-6-2-3-7-19(16)21(28-24(25)31)14-23(30)27-17-10-12-18(13-11-17)29-15-26-20-8-4-5-9-22(20)29/h2-13,15,21H,14H2,1H3,(H,27,30)(H3,25,28,31). The van der Waals surface area contributed by atoms with E-state index in [2.05, 4.69) is 15.6 Å². The van der Waals surface area contributed by atoms with Crippen LogP contribution in [0.3, 0.4) is 0 Å². The number of carbonyl (C=O) groups is 2. The summed E-state index contributed by atoms with van der Waals surface area (Å²) >= 11 is 0. The van der Waals surface area contributed by atoms with Crippen molar-refractivity contribution >= 4 is 28.7 Å². The SMILES string of the molecule is Cc1ccccc1C(CC(=O)Nc1ccc(-n2cnc3ccccc32)cc1)NC(N)=O. The minimum Gasteiger partial charge on any atom is -0.352 e. The topological polar surface area (TPSA) is 102 Å². The fraction of sp³-hybridized carbons (Fsp3) is 0.125. The number of fused-ring (bicyclic) bond motifs is 1. The number of rotatable bonds is 6. The lowest BCUT2D eigenvalue weighted by Gasteiger charge is -2.19.